The fourth-order valence-corrected chi connectivity index (χ4v) is 2.93. The van der Waals surface area contributed by atoms with E-state index in [1.165, 1.54) is 0 Å². The van der Waals surface area contributed by atoms with Gasteiger partial charge in [0.25, 0.3) is 0 Å². The summed E-state index contributed by atoms with van der Waals surface area (Å²) in [5.74, 6) is -0.275. The molecule has 0 fully saturated rings. The molecule has 0 spiro atoms. The molecule has 0 atom stereocenters. The van der Waals surface area contributed by atoms with Gasteiger partial charge in [0.1, 0.15) is 5.41 Å². The molecule has 0 aromatic heterocycles. The maximum Gasteiger partial charge on any atom is 0.340 e. The minimum Gasteiger partial charge on any atom is -0.367 e. The van der Waals surface area contributed by atoms with E-state index in [1.54, 1.807) is 11.1 Å². The average molecular weight is 323 g/mol. The average Bonchev–Trinajstić information content (AvgIpc) is 2.65. The molecule has 2 aromatic carbocycles. The highest BCUT2D eigenvalue weighted by atomic mass is 16.7. The van der Waals surface area contributed by atoms with Crippen LogP contribution in [-0.2, 0) is 15.0 Å². The van der Waals surface area contributed by atoms with Gasteiger partial charge >= 0.3 is 5.97 Å². The van der Waals surface area contributed by atoms with Crippen LogP contribution >= 0.6 is 0 Å². The molecule has 2 aromatic rings. The van der Waals surface area contributed by atoms with Crippen molar-refractivity contribution in [2.75, 3.05) is 13.1 Å². The Morgan fingerprint density at radius 3 is 1.83 bits per heavy atom. The molecular formula is C21H25NO2. The van der Waals surface area contributed by atoms with Crippen molar-refractivity contribution in [2.45, 2.75) is 25.7 Å². The fraction of sp³-hybridized carbons (Fsp3) is 0.286. The summed E-state index contributed by atoms with van der Waals surface area (Å²) in [6.45, 7) is 9.11. The van der Waals surface area contributed by atoms with Crippen LogP contribution in [0.1, 0.15) is 31.4 Å². The first-order chi connectivity index (χ1) is 11.7. The minimum atomic E-state index is -0.896. The Morgan fingerprint density at radius 1 is 1.00 bits per heavy atom. The summed E-state index contributed by atoms with van der Waals surface area (Å²) in [6.07, 6.45) is 2.25. The van der Waals surface area contributed by atoms with Gasteiger partial charge in [0, 0.05) is 13.1 Å². The molecule has 0 heterocycles. The van der Waals surface area contributed by atoms with Gasteiger partial charge in [-0.1, -0.05) is 66.7 Å². The molecule has 24 heavy (non-hydrogen) atoms. The molecule has 0 aliphatic heterocycles. The number of hydrogen-bond donors (Lipinski definition) is 0. The first-order valence-electron chi connectivity index (χ1n) is 8.38. The molecule has 126 valence electrons. The highest BCUT2D eigenvalue weighted by Gasteiger charge is 2.43. The third kappa shape index (κ3) is 3.57. The zero-order valence-corrected chi connectivity index (χ0v) is 14.4. The molecule has 2 rings (SSSR count). The van der Waals surface area contributed by atoms with Crippen molar-refractivity contribution < 1.29 is 9.63 Å². The fourth-order valence-electron chi connectivity index (χ4n) is 2.93. The van der Waals surface area contributed by atoms with Gasteiger partial charge in [0.2, 0.25) is 0 Å². The molecule has 0 bridgehead atoms. The molecule has 0 saturated carbocycles. The van der Waals surface area contributed by atoms with Crippen LogP contribution in [0.15, 0.2) is 73.3 Å². The van der Waals surface area contributed by atoms with E-state index < -0.39 is 5.41 Å². The Hall–Kier alpha value is -2.39. The van der Waals surface area contributed by atoms with Gasteiger partial charge in [0.15, 0.2) is 0 Å². The van der Waals surface area contributed by atoms with Gasteiger partial charge < -0.3 is 4.84 Å². The number of allylic oxidation sites excluding steroid dienone is 1. The maximum atomic E-state index is 13.3. The van der Waals surface area contributed by atoms with Crippen molar-refractivity contribution in [3.05, 3.63) is 84.4 Å². The van der Waals surface area contributed by atoms with Crippen LogP contribution < -0.4 is 0 Å². The van der Waals surface area contributed by atoms with Crippen molar-refractivity contribution in [2.24, 2.45) is 0 Å². The lowest BCUT2D eigenvalue weighted by atomic mass is 9.72. The molecule has 0 unspecified atom stereocenters. The van der Waals surface area contributed by atoms with Gasteiger partial charge in [0.05, 0.1) is 0 Å². The third-order valence-corrected chi connectivity index (χ3v) is 4.25. The number of benzene rings is 2. The summed E-state index contributed by atoms with van der Waals surface area (Å²) in [5, 5.41) is 1.67. The second kappa shape index (κ2) is 8.46. The van der Waals surface area contributed by atoms with Crippen molar-refractivity contribution >= 4 is 5.97 Å². The SMILES string of the molecule is C=CCC(C(=O)ON(CC)CC)(c1ccccc1)c1ccccc1. The molecule has 0 aliphatic rings. The van der Waals surface area contributed by atoms with Gasteiger partial charge in [-0.25, -0.2) is 4.79 Å². The maximum absolute atomic E-state index is 13.3. The first kappa shape index (κ1) is 18.0. The number of rotatable bonds is 8. The lowest BCUT2D eigenvalue weighted by Crippen LogP contribution is -2.42. The summed E-state index contributed by atoms with van der Waals surface area (Å²) < 4.78 is 0. The van der Waals surface area contributed by atoms with E-state index in [-0.39, 0.29) is 5.97 Å². The molecule has 0 amide bonds. The second-order valence-corrected chi connectivity index (χ2v) is 5.62. The molecule has 0 N–H and O–H groups in total. The summed E-state index contributed by atoms with van der Waals surface area (Å²) in [7, 11) is 0. The monoisotopic (exact) mass is 323 g/mol. The summed E-state index contributed by atoms with van der Waals surface area (Å²) in [5.41, 5.74) is 0.925. The van der Waals surface area contributed by atoms with E-state index in [1.807, 2.05) is 74.5 Å². The number of carbonyl (C=O) groups is 1. The third-order valence-electron chi connectivity index (χ3n) is 4.25. The molecule has 0 saturated heterocycles. The van der Waals surface area contributed by atoms with E-state index >= 15 is 0 Å². The summed E-state index contributed by atoms with van der Waals surface area (Å²) >= 11 is 0. The van der Waals surface area contributed by atoms with Crippen molar-refractivity contribution in [3.8, 4) is 0 Å². The topological polar surface area (TPSA) is 29.5 Å². The van der Waals surface area contributed by atoms with E-state index in [0.717, 1.165) is 11.1 Å². The molecule has 0 radical (unpaired) electrons. The highest BCUT2D eigenvalue weighted by Crippen LogP contribution is 2.37. The van der Waals surface area contributed by atoms with Crippen LogP contribution in [0.25, 0.3) is 0 Å². The Bertz CT molecular complexity index is 609. The Balaban J connectivity index is 2.58. The Labute approximate surface area is 144 Å². The summed E-state index contributed by atoms with van der Waals surface area (Å²) in [4.78, 5) is 19.0. The van der Waals surface area contributed by atoms with Crippen LogP contribution in [0.3, 0.4) is 0 Å². The number of nitrogens with zero attached hydrogens (tertiary/aromatic N) is 1. The van der Waals surface area contributed by atoms with Crippen LogP contribution in [0, 0.1) is 0 Å². The van der Waals surface area contributed by atoms with Crippen LogP contribution in [0.4, 0.5) is 0 Å². The number of hydroxylamine groups is 2. The Kier molecular flexibility index (Phi) is 6.33. The molecule has 3 heteroatoms. The van der Waals surface area contributed by atoms with Gasteiger partial charge in [-0.2, -0.15) is 0 Å². The van der Waals surface area contributed by atoms with Crippen molar-refractivity contribution in [1.29, 1.82) is 0 Å². The van der Waals surface area contributed by atoms with E-state index in [0.29, 0.717) is 19.5 Å². The van der Waals surface area contributed by atoms with Gasteiger partial charge in [-0.15, -0.1) is 11.6 Å². The van der Waals surface area contributed by atoms with E-state index in [2.05, 4.69) is 6.58 Å². The highest BCUT2D eigenvalue weighted by molar-refractivity contribution is 5.87. The quantitative estimate of drug-likeness (QED) is 0.534. The van der Waals surface area contributed by atoms with E-state index in [9.17, 15) is 4.79 Å². The van der Waals surface area contributed by atoms with E-state index in [4.69, 9.17) is 4.84 Å². The molecule has 3 nitrogen and oxygen atoms in total. The minimum absolute atomic E-state index is 0.275. The Morgan fingerprint density at radius 2 is 1.46 bits per heavy atom. The lowest BCUT2D eigenvalue weighted by Gasteiger charge is -2.33. The smallest absolute Gasteiger partial charge is 0.340 e. The van der Waals surface area contributed by atoms with Crippen LogP contribution in [0.2, 0.25) is 0 Å². The molecular weight excluding hydrogens is 298 g/mol. The predicted molar refractivity (Wildman–Crippen MR) is 97.5 cm³/mol. The largest absolute Gasteiger partial charge is 0.367 e. The number of carbonyl (C=O) groups excluding carboxylic acids is 1. The first-order valence-corrected chi connectivity index (χ1v) is 8.38. The normalized spacial score (nSPS) is 11.3. The lowest BCUT2D eigenvalue weighted by molar-refractivity contribution is -0.194. The number of hydrogen-bond acceptors (Lipinski definition) is 3. The van der Waals surface area contributed by atoms with Crippen molar-refractivity contribution in [3.63, 3.8) is 0 Å². The van der Waals surface area contributed by atoms with Crippen molar-refractivity contribution in [1.82, 2.24) is 5.06 Å². The van der Waals surface area contributed by atoms with Crippen LogP contribution in [0.5, 0.6) is 0 Å². The zero-order valence-electron chi connectivity index (χ0n) is 14.4. The van der Waals surface area contributed by atoms with Crippen LogP contribution in [-0.4, -0.2) is 24.1 Å². The molecule has 0 aliphatic carbocycles. The second-order valence-electron chi connectivity index (χ2n) is 5.62. The zero-order chi connectivity index (χ0) is 17.4. The van der Waals surface area contributed by atoms with Gasteiger partial charge in [-0.3, -0.25) is 0 Å². The predicted octanol–water partition coefficient (Wildman–Crippen LogP) is 4.35. The van der Waals surface area contributed by atoms with Gasteiger partial charge in [-0.05, 0) is 31.4 Å². The summed E-state index contributed by atoms with van der Waals surface area (Å²) in [6, 6.07) is 19.6. The standard InChI is InChI=1S/C21H25NO2/c1-4-17-21(18-13-9-7-10-14-18,19-15-11-8-12-16-19)20(23)24-22(5-2)6-3/h4,7-16H,1,5-6,17H2,2-3H3.